The molecule has 6 aromatic rings. The molecule has 15 heteroatoms. The Morgan fingerprint density at radius 1 is 0.745 bits per heavy atom. The molecule has 0 amide bonds. The van der Waals surface area contributed by atoms with Gasteiger partial charge in [-0.25, -0.2) is 17.6 Å². The van der Waals surface area contributed by atoms with E-state index in [4.69, 9.17) is 4.42 Å². The number of likely N-dealkylation sites (N-methyl/N-ethyl adjacent to an activating group) is 1. The third-order valence-electron chi connectivity index (χ3n) is 11.0. The minimum absolute atomic E-state index is 0.0217. The van der Waals surface area contributed by atoms with Crippen LogP contribution >= 0.6 is 0 Å². The first-order valence-electron chi connectivity index (χ1n) is 18.6. The van der Waals surface area contributed by atoms with E-state index >= 15 is 13.2 Å². The number of halogens is 4. The van der Waals surface area contributed by atoms with Gasteiger partial charge >= 0.3 is 0 Å². The van der Waals surface area contributed by atoms with Crippen molar-refractivity contribution in [1.82, 2.24) is 29.5 Å². The normalized spacial score (nSPS) is 18.2. The van der Waals surface area contributed by atoms with Crippen molar-refractivity contribution in [3.63, 3.8) is 0 Å². The van der Waals surface area contributed by atoms with E-state index in [2.05, 4.69) is 27.3 Å². The minimum atomic E-state index is -0.917. The van der Waals surface area contributed by atoms with Crippen molar-refractivity contribution in [2.75, 3.05) is 62.2 Å². The van der Waals surface area contributed by atoms with Crippen LogP contribution in [0.15, 0.2) is 68.9 Å². The minimum Gasteiger partial charge on any atom is -0.416 e. The number of nitrogens with one attached hydrogen (secondary N) is 1. The number of pyridine rings is 2. The lowest BCUT2D eigenvalue weighted by Gasteiger charge is -2.35. The Morgan fingerprint density at radius 2 is 1.36 bits per heavy atom. The van der Waals surface area contributed by atoms with E-state index in [1.807, 2.05) is 21.3 Å². The van der Waals surface area contributed by atoms with Gasteiger partial charge in [-0.05, 0) is 62.7 Å². The number of aromatic nitrogens is 4. The predicted molar refractivity (Wildman–Crippen MR) is 202 cm³/mol. The van der Waals surface area contributed by atoms with Gasteiger partial charge < -0.3 is 33.6 Å². The Balaban J connectivity index is 1.16. The van der Waals surface area contributed by atoms with Crippen molar-refractivity contribution in [3.8, 4) is 28.6 Å². The average Bonchev–Trinajstić information content (AvgIpc) is 3.91. The highest BCUT2D eigenvalue weighted by Gasteiger charge is 2.30. The molecule has 1 unspecified atom stereocenters. The summed E-state index contributed by atoms with van der Waals surface area (Å²) in [7, 11) is 0. The molecule has 3 aromatic carbocycles. The molecule has 9 rings (SSSR count). The van der Waals surface area contributed by atoms with Crippen LogP contribution in [-0.4, -0.2) is 82.6 Å². The first kappa shape index (κ1) is 35.2. The molecule has 1 N–H and O–H groups in total. The van der Waals surface area contributed by atoms with Crippen molar-refractivity contribution in [2.24, 2.45) is 0 Å². The molecule has 5 heterocycles. The monoisotopic (exact) mass is 754 g/mol. The van der Waals surface area contributed by atoms with Crippen LogP contribution in [0.5, 0.6) is 0 Å². The average molecular weight is 755 g/mol. The number of nitrogens with zero attached hydrogens (tertiary/aromatic N) is 7. The second-order valence-electron chi connectivity index (χ2n) is 14.6. The van der Waals surface area contributed by atoms with Crippen molar-refractivity contribution >= 4 is 33.2 Å². The summed E-state index contributed by atoms with van der Waals surface area (Å²) < 4.78 is 70.4. The fraction of sp³-hybridized carbons (Fsp3) is 0.350. The van der Waals surface area contributed by atoms with Crippen LogP contribution in [-0.2, 0) is 0 Å². The second kappa shape index (κ2) is 13.6. The summed E-state index contributed by atoms with van der Waals surface area (Å²) in [5.74, 6) is -3.38. The molecule has 11 nitrogen and oxygen atoms in total. The van der Waals surface area contributed by atoms with Crippen molar-refractivity contribution < 1.29 is 22.0 Å². The molecule has 0 radical (unpaired) electrons. The first-order valence-corrected chi connectivity index (χ1v) is 18.6. The van der Waals surface area contributed by atoms with Crippen LogP contribution < -0.4 is 26.0 Å². The molecule has 2 aliphatic heterocycles. The Hall–Kier alpha value is -5.54. The zero-order chi connectivity index (χ0) is 38.1. The fourth-order valence-electron chi connectivity index (χ4n) is 7.91. The number of benzene rings is 3. The van der Waals surface area contributed by atoms with Crippen LogP contribution in [0.1, 0.15) is 32.7 Å². The highest BCUT2D eigenvalue weighted by molar-refractivity contribution is 5.89. The zero-order valence-electron chi connectivity index (χ0n) is 30.3. The second-order valence-corrected chi connectivity index (χ2v) is 14.6. The number of fused-ring (bicyclic) bond motifs is 2. The summed E-state index contributed by atoms with van der Waals surface area (Å²) >= 11 is 0. The molecule has 0 bridgehead atoms. The number of piperazine rings is 2. The molecule has 3 fully saturated rings. The number of hydrogen-bond acceptors (Lipinski definition) is 9. The number of rotatable bonds is 7. The van der Waals surface area contributed by atoms with Crippen LogP contribution in [0.3, 0.4) is 0 Å². The Bertz CT molecular complexity index is 2610. The van der Waals surface area contributed by atoms with E-state index in [9.17, 15) is 14.0 Å². The van der Waals surface area contributed by atoms with Gasteiger partial charge in [0, 0.05) is 87.1 Å². The standard InChI is InChI=1S/C40H38F4N8O3/c1-3-48-10-12-49(13-11-48)35-17-33-25(15-30(35)43)37(53)27(20-51(33)24-5-6-24)39-46-47-40(55-39)28-21-52(32-7-4-23(41)14-29(32)42)34-18-36(31(44)16-26(34)38(28)54)50-9-8-45-22(2)19-50/h4,7,14-18,20-22,24,45H,3,5-6,8-13,19H2,1-2H3. The molecule has 284 valence electrons. The molecular formula is C40H38F4N8O3. The van der Waals surface area contributed by atoms with Crippen molar-refractivity contribution in [2.45, 2.75) is 38.8 Å². The topological polar surface area (TPSA) is 105 Å². The lowest BCUT2D eigenvalue weighted by molar-refractivity contribution is 0.270. The van der Waals surface area contributed by atoms with Crippen molar-refractivity contribution in [3.05, 3.63) is 98.6 Å². The fourth-order valence-corrected chi connectivity index (χ4v) is 7.91. The maximum Gasteiger partial charge on any atom is 0.253 e. The van der Waals surface area contributed by atoms with Gasteiger partial charge in [0.2, 0.25) is 10.9 Å². The van der Waals surface area contributed by atoms with Gasteiger partial charge in [-0.2, -0.15) is 0 Å². The molecular weight excluding hydrogens is 716 g/mol. The largest absolute Gasteiger partial charge is 0.416 e. The van der Waals surface area contributed by atoms with Crippen molar-refractivity contribution in [1.29, 1.82) is 0 Å². The first-order chi connectivity index (χ1) is 26.6. The van der Waals surface area contributed by atoms with E-state index in [0.717, 1.165) is 50.7 Å². The smallest absolute Gasteiger partial charge is 0.253 e. The molecule has 3 aliphatic rings. The molecule has 0 spiro atoms. The summed E-state index contributed by atoms with van der Waals surface area (Å²) in [5, 5.41) is 11.6. The highest BCUT2D eigenvalue weighted by Crippen LogP contribution is 2.39. The molecule has 2 saturated heterocycles. The molecule has 55 heavy (non-hydrogen) atoms. The van der Waals surface area contributed by atoms with Crippen LogP contribution in [0.25, 0.3) is 50.4 Å². The number of anilines is 2. The van der Waals surface area contributed by atoms with Crippen LogP contribution in [0.2, 0.25) is 0 Å². The van der Waals surface area contributed by atoms with Gasteiger partial charge in [0.15, 0.2) is 0 Å². The molecule has 3 aromatic heterocycles. The van der Waals surface area contributed by atoms with Gasteiger partial charge in [-0.3, -0.25) is 9.59 Å². The molecule has 1 saturated carbocycles. The van der Waals surface area contributed by atoms with E-state index in [-0.39, 0.29) is 62.7 Å². The van der Waals surface area contributed by atoms with E-state index in [0.29, 0.717) is 43.9 Å². The van der Waals surface area contributed by atoms with E-state index < -0.39 is 34.1 Å². The molecule has 1 atom stereocenters. The lowest BCUT2D eigenvalue weighted by atomic mass is 10.1. The summed E-state index contributed by atoms with van der Waals surface area (Å²) in [5.41, 5.74) is -0.0207. The highest BCUT2D eigenvalue weighted by atomic mass is 19.1. The van der Waals surface area contributed by atoms with E-state index in [1.165, 1.54) is 29.0 Å². The number of hydrogen-bond donors (Lipinski definition) is 1. The Kier molecular flexibility index (Phi) is 8.72. The zero-order valence-corrected chi connectivity index (χ0v) is 30.3. The predicted octanol–water partition coefficient (Wildman–Crippen LogP) is 5.85. The molecule has 1 aliphatic carbocycles. The van der Waals surface area contributed by atoms with Gasteiger partial charge in [0.25, 0.3) is 11.8 Å². The third kappa shape index (κ3) is 6.24. The summed E-state index contributed by atoms with van der Waals surface area (Å²) in [6.45, 7) is 9.59. The maximum absolute atomic E-state index is 15.9. The third-order valence-corrected chi connectivity index (χ3v) is 11.0. The maximum atomic E-state index is 15.9. The SMILES string of the molecule is CCN1CCN(c2cc3c(cc2F)c(=O)c(-c2nnc(-c4cn(-c5ccc(F)cc5F)c5cc(N6CCNC(C)C6)c(F)cc5c4=O)o2)cn3C2CC2)CC1. The van der Waals surface area contributed by atoms with Gasteiger partial charge in [0.05, 0.1) is 28.1 Å². The Labute approximate surface area is 312 Å². The van der Waals surface area contributed by atoms with Crippen LogP contribution in [0, 0.1) is 23.3 Å². The quantitative estimate of drug-likeness (QED) is 0.201. The van der Waals surface area contributed by atoms with Gasteiger partial charge in [-0.1, -0.05) is 6.92 Å². The summed E-state index contributed by atoms with van der Waals surface area (Å²) in [6.07, 6.45) is 4.67. The van der Waals surface area contributed by atoms with Gasteiger partial charge in [0.1, 0.15) is 34.4 Å². The van der Waals surface area contributed by atoms with E-state index in [1.54, 1.807) is 12.3 Å². The summed E-state index contributed by atoms with van der Waals surface area (Å²) in [6, 6.07) is 8.78. The lowest BCUT2D eigenvalue weighted by Crippen LogP contribution is -2.49. The van der Waals surface area contributed by atoms with Crippen LogP contribution in [0.4, 0.5) is 28.9 Å². The van der Waals surface area contributed by atoms with Gasteiger partial charge in [-0.15, -0.1) is 10.2 Å². The summed E-state index contributed by atoms with van der Waals surface area (Å²) in [4.78, 5) is 34.3. The Morgan fingerprint density at radius 3 is 2.00 bits per heavy atom.